The molecule has 0 saturated carbocycles. The molecule has 1 heterocycles. The number of anilines is 1. The fourth-order valence-electron chi connectivity index (χ4n) is 1.20. The van der Waals surface area contributed by atoms with Crippen LogP contribution in [-0.4, -0.2) is 35.1 Å². The lowest BCUT2D eigenvalue weighted by atomic mass is 10.3. The van der Waals surface area contributed by atoms with E-state index in [4.69, 9.17) is 5.11 Å². The van der Waals surface area contributed by atoms with Crippen molar-refractivity contribution in [2.45, 2.75) is 12.8 Å². The Morgan fingerprint density at radius 1 is 1.35 bits per heavy atom. The van der Waals surface area contributed by atoms with Crippen molar-refractivity contribution in [3.05, 3.63) is 24.4 Å². The van der Waals surface area contributed by atoms with Gasteiger partial charge >= 0.3 is 5.97 Å². The van der Waals surface area contributed by atoms with E-state index >= 15 is 0 Å². The van der Waals surface area contributed by atoms with Gasteiger partial charge in [0.2, 0.25) is 5.91 Å². The Morgan fingerprint density at radius 2 is 2.18 bits per heavy atom. The quantitative estimate of drug-likeness (QED) is 0.600. The first-order valence-corrected chi connectivity index (χ1v) is 5.32. The summed E-state index contributed by atoms with van der Waals surface area (Å²) < 4.78 is 0. The van der Waals surface area contributed by atoms with E-state index in [1.54, 1.807) is 6.20 Å². The summed E-state index contributed by atoms with van der Waals surface area (Å²) in [5.41, 5.74) is 0. The predicted molar refractivity (Wildman–Crippen MR) is 62.6 cm³/mol. The second-order valence-corrected chi connectivity index (χ2v) is 3.42. The molecule has 0 aromatic carbocycles. The van der Waals surface area contributed by atoms with Crippen LogP contribution >= 0.6 is 0 Å². The average molecular weight is 237 g/mol. The van der Waals surface area contributed by atoms with Crippen LogP contribution in [0.1, 0.15) is 12.8 Å². The van der Waals surface area contributed by atoms with Gasteiger partial charge in [0.05, 0.1) is 0 Å². The molecular formula is C11H15N3O3. The van der Waals surface area contributed by atoms with Gasteiger partial charge in [-0.25, -0.2) is 4.98 Å². The topological polar surface area (TPSA) is 91.3 Å². The fraction of sp³-hybridized carbons (Fsp3) is 0.364. The Kier molecular flexibility index (Phi) is 5.50. The molecule has 1 amide bonds. The molecule has 0 saturated heterocycles. The van der Waals surface area contributed by atoms with E-state index in [-0.39, 0.29) is 12.5 Å². The highest BCUT2D eigenvalue weighted by molar-refractivity contribution is 5.81. The largest absolute Gasteiger partial charge is 0.480 e. The zero-order valence-electron chi connectivity index (χ0n) is 9.35. The van der Waals surface area contributed by atoms with E-state index < -0.39 is 5.97 Å². The van der Waals surface area contributed by atoms with Crippen LogP contribution in [0.5, 0.6) is 0 Å². The summed E-state index contributed by atoms with van der Waals surface area (Å²) >= 11 is 0. The summed E-state index contributed by atoms with van der Waals surface area (Å²) in [6.07, 6.45) is 2.61. The highest BCUT2D eigenvalue weighted by Gasteiger charge is 2.03. The Balaban J connectivity index is 2.08. The van der Waals surface area contributed by atoms with Gasteiger partial charge in [0.15, 0.2) is 0 Å². The molecule has 1 aromatic heterocycles. The summed E-state index contributed by atoms with van der Waals surface area (Å²) in [4.78, 5) is 25.4. The van der Waals surface area contributed by atoms with Gasteiger partial charge in [0, 0.05) is 19.2 Å². The van der Waals surface area contributed by atoms with Crippen molar-refractivity contribution >= 4 is 17.7 Å². The number of aromatic nitrogens is 1. The van der Waals surface area contributed by atoms with Crippen LogP contribution in [0.4, 0.5) is 5.82 Å². The summed E-state index contributed by atoms with van der Waals surface area (Å²) in [5, 5.41) is 13.7. The van der Waals surface area contributed by atoms with Gasteiger partial charge in [-0.3, -0.25) is 9.59 Å². The highest BCUT2D eigenvalue weighted by atomic mass is 16.4. The van der Waals surface area contributed by atoms with Crippen molar-refractivity contribution in [1.82, 2.24) is 10.3 Å². The van der Waals surface area contributed by atoms with Gasteiger partial charge in [0.1, 0.15) is 12.4 Å². The van der Waals surface area contributed by atoms with Crippen molar-refractivity contribution in [1.29, 1.82) is 0 Å². The molecule has 0 aliphatic rings. The minimum Gasteiger partial charge on any atom is -0.480 e. The lowest BCUT2D eigenvalue weighted by molar-refractivity contribution is -0.137. The molecule has 0 radical (unpaired) electrons. The van der Waals surface area contributed by atoms with Crippen LogP contribution in [-0.2, 0) is 9.59 Å². The number of nitrogens with one attached hydrogen (secondary N) is 2. The molecule has 1 aromatic rings. The van der Waals surface area contributed by atoms with Crippen LogP contribution in [0.3, 0.4) is 0 Å². The molecule has 1 rings (SSSR count). The molecule has 0 fully saturated rings. The second kappa shape index (κ2) is 7.21. The smallest absolute Gasteiger partial charge is 0.322 e. The number of nitrogens with zero attached hydrogens (tertiary/aromatic N) is 1. The maximum absolute atomic E-state index is 11.1. The summed E-state index contributed by atoms with van der Waals surface area (Å²) in [6.45, 7) is 0.296. The Bertz CT molecular complexity index is 367. The second-order valence-electron chi connectivity index (χ2n) is 3.42. The molecule has 0 aliphatic carbocycles. The van der Waals surface area contributed by atoms with E-state index in [0.717, 1.165) is 5.82 Å². The molecule has 0 aliphatic heterocycles. The molecule has 6 nitrogen and oxygen atoms in total. The maximum atomic E-state index is 11.1. The lowest BCUT2D eigenvalue weighted by Gasteiger charge is -2.05. The molecule has 17 heavy (non-hydrogen) atoms. The van der Waals surface area contributed by atoms with Gasteiger partial charge in [-0.2, -0.15) is 0 Å². The SMILES string of the molecule is O=C(O)CNC(=O)CCCNc1ccccn1. The molecular weight excluding hydrogens is 222 g/mol. The van der Waals surface area contributed by atoms with Crippen molar-refractivity contribution < 1.29 is 14.7 Å². The van der Waals surface area contributed by atoms with Crippen molar-refractivity contribution in [3.63, 3.8) is 0 Å². The van der Waals surface area contributed by atoms with Crippen LogP contribution in [0.15, 0.2) is 24.4 Å². The summed E-state index contributed by atoms with van der Waals surface area (Å²) in [7, 11) is 0. The van der Waals surface area contributed by atoms with Gasteiger partial charge < -0.3 is 15.7 Å². The van der Waals surface area contributed by atoms with E-state index in [0.29, 0.717) is 19.4 Å². The number of carbonyl (C=O) groups excluding carboxylic acids is 1. The number of hydrogen-bond donors (Lipinski definition) is 3. The number of carbonyl (C=O) groups is 2. The Labute approximate surface area is 99.1 Å². The first kappa shape index (κ1) is 13.0. The third-order valence-electron chi connectivity index (χ3n) is 1.99. The summed E-state index contributed by atoms with van der Waals surface area (Å²) in [5.74, 6) is -0.529. The van der Waals surface area contributed by atoms with Crippen LogP contribution < -0.4 is 10.6 Å². The molecule has 0 atom stereocenters. The number of amides is 1. The maximum Gasteiger partial charge on any atom is 0.322 e. The minimum atomic E-state index is -1.04. The van der Waals surface area contributed by atoms with Crippen LogP contribution in [0.25, 0.3) is 0 Å². The first-order chi connectivity index (χ1) is 8.18. The van der Waals surface area contributed by atoms with E-state index in [9.17, 15) is 9.59 Å². The highest BCUT2D eigenvalue weighted by Crippen LogP contribution is 2.00. The number of aliphatic carboxylic acids is 1. The standard InChI is InChI=1S/C11H15N3O3/c15-10(14-8-11(16)17)5-3-7-13-9-4-1-2-6-12-9/h1-2,4,6H,3,5,7-8H2,(H,12,13)(H,14,15)(H,16,17). The van der Waals surface area contributed by atoms with Crippen molar-refractivity contribution in [2.24, 2.45) is 0 Å². The Morgan fingerprint density at radius 3 is 2.82 bits per heavy atom. The van der Waals surface area contributed by atoms with Crippen LogP contribution in [0, 0.1) is 0 Å². The third kappa shape index (κ3) is 6.14. The van der Waals surface area contributed by atoms with Crippen molar-refractivity contribution in [3.8, 4) is 0 Å². The number of hydrogen-bond acceptors (Lipinski definition) is 4. The lowest BCUT2D eigenvalue weighted by Crippen LogP contribution is -2.29. The van der Waals surface area contributed by atoms with Gasteiger partial charge in [-0.1, -0.05) is 6.07 Å². The normalized spacial score (nSPS) is 9.65. The molecule has 3 N–H and O–H groups in total. The van der Waals surface area contributed by atoms with Crippen molar-refractivity contribution in [2.75, 3.05) is 18.4 Å². The zero-order chi connectivity index (χ0) is 12.5. The Hall–Kier alpha value is -2.11. The number of carboxylic acid groups (broad SMARTS) is 1. The van der Waals surface area contributed by atoms with Gasteiger partial charge in [-0.15, -0.1) is 0 Å². The summed E-state index contributed by atoms with van der Waals surface area (Å²) in [6, 6.07) is 5.53. The molecule has 0 unspecified atom stereocenters. The fourth-order valence-corrected chi connectivity index (χ4v) is 1.20. The average Bonchev–Trinajstić information content (AvgIpc) is 2.33. The zero-order valence-corrected chi connectivity index (χ0v) is 9.35. The minimum absolute atomic E-state index is 0.254. The van der Waals surface area contributed by atoms with E-state index in [1.165, 1.54) is 0 Å². The molecule has 0 bridgehead atoms. The van der Waals surface area contributed by atoms with Gasteiger partial charge in [-0.05, 0) is 18.6 Å². The van der Waals surface area contributed by atoms with E-state index in [2.05, 4.69) is 15.6 Å². The monoisotopic (exact) mass is 237 g/mol. The molecule has 92 valence electrons. The predicted octanol–water partition coefficient (Wildman–Crippen LogP) is 0.474. The number of carboxylic acids is 1. The van der Waals surface area contributed by atoms with Gasteiger partial charge in [0.25, 0.3) is 0 Å². The first-order valence-electron chi connectivity index (χ1n) is 5.32. The van der Waals surface area contributed by atoms with E-state index in [1.807, 2.05) is 18.2 Å². The number of rotatable bonds is 7. The molecule has 0 spiro atoms. The number of pyridine rings is 1. The molecule has 6 heteroatoms. The van der Waals surface area contributed by atoms with Crippen LogP contribution in [0.2, 0.25) is 0 Å². The third-order valence-corrected chi connectivity index (χ3v) is 1.99.